The number of nitrogens with zero attached hydrogens (tertiary/aromatic N) is 2. The molecule has 1 aromatic heterocycles. The molecule has 9 N–H and O–H groups in total. The molecule has 0 aromatic carbocycles. The minimum Gasteiger partial charge on any atom is -0.382 e. The average molecular weight is 354 g/mol. The molecule has 0 aliphatic rings. The van der Waals surface area contributed by atoms with E-state index in [-0.39, 0.29) is 39.5 Å². The van der Waals surface area contributed by atoms with Crippen molar-refractivity contribution in [1.29, 1.82) is 5.41 Å². The lowest BCUT2D eigenvalue weighted by Gasteiger charge is -2.08. The number of halogens is 2. The Morgan fingerprint density at radius 2 is 1.74 bits per heavy atom. The standard InChI is InChI=1S/C7H9ClN8O2.BrH/c8-2-4(10)14-3(9)1(13-2)5(17)15-6(11)16-7(12)18;/h(H4,9,10,14)(H5,11,12,15,16,17,18);1H. The second-order valence-corrected chi connectivity index (χ2v) is 3.31. The maximum atomic E-state index is 11.6. The first-order valence-electron chi connectivity index (χ1n) is 4.36. The van der Waals surface area contributed by atoms with E-state index >= 15 is 0 Å². The van der Waals surface area contributed by atoms with E-state index in [1.807, 2.05) is 10.6 Å². The summed E-state index contributed by atoms with van der Waals surface area (Å²) in [7, 11) is 0. The number of amides is 3. The van der Waals surface area contributed by atoms with E-state index in [4.69, 9.17) is 34.2 Å². The Morgan fingerprint density at radius 1 is 1.16 bits per heavy atom. The first-order valence-corrected chi connectivity index (χ1v) is 4.74. The predicted octanol–water partition coefficient (Wildman–Crippen LogP) is -0.795. The smallest absolute Gasteiger partial charge is 0.318 e. The van der Waals surface area contributed by atoms with Gasteiger partial charge in [-0.3, -0.25) is 20.8 Å². The van der Waals surface area contributed by atoms with Crippen LogP contribution in [0.3, 0.4) is 0 Å². The van der Waals surface area contributed by atoms with Gasteiger partial charge in [-0.15, -0.1) is 17.0 Å². The molecule has 12 heteroatoms. The molecule has 10 nitrogen and oxygen atoms in total. The molecule has 0 atom stereocenters. The maximum absolute atomic E-state index is 11.6. The van der Waals surface area contributed by atoms with Gasteiger partial charge < -0.3 is 17.2 Å². The van der Waals surface area contributed by atoms with E-state index in [1.165, 1.54) is 0 Å². The summed E-state index contributed by atoms with van der Waals surface area (Å²) in [5.41, 5.74) is 15.2. The molecule has 104 valence electrons. The molecule has 1 rings (SSSR count). The number of hydrogen-bond donors (Lipinski definition) is 6. The van der Waals surface area contributed by atoms with Crippen molar-refractivity contribution in [3.63, 3.8) is 0 Å². The van der Waals surface area contributed by atoms with E-state index in [9.17, 15) is 9.59 Å². The van der Waals surface area contributed by atoms with Crippen LogP contribution in [-0.4, -0.2) is 27.9 Å². The number of aromatic nitrogens is 2. The SMILES string of the molecule is Br.N=C(NC(N)=O)NC(=O)c1nc(Cl)c(N)nc1N. The van der Waals surface area contributed by atoms with Gasteiger partial charge in [0.2, 0.25) is 5.96 Å². The fraction of sp³-hybridized carbons (Fsp3) is 0. The lowest BCUT2D eigenvalue weighted by atomic mass is 10.4. The summed E-state index contributed by atoms with van der Waals surface area (Å²) in [6.07, 6.45) is 0. The number of guanidine groups is 1. The van der Waals surface area contributed by atoms with Crippen LogP contribution in [0.5, 0.6) is 0 Å². The molecule has 0 spiro atoms. The molecule has 0 aliphatic carbocycles. The minimum atomic E-state index is -1.00. The Labute approximate surface area is 122 Å². The summed E-state index contributed by atoms with van der Waals surface area (Å²) < 4.78 is 0. The highest BCUT2D eigenvalue weighted by Crippen LogP contribution is 2.16. The third-order valence-electron chi connectivity index (χ3n) is 1.61. The van der Waals surface area contributed by atoms with Gasteiger partial charge in [-0.25, -0.2) is 14.8 Å². The summed E-state index contributed by atoms with van der Waals surface area (Å²) >= 11 is 5.57. The van der Waals surface area contributed by atoms with Crippen LogP contribution in [0.2, 0.25) is 5.15 Å². The Kier molecular flexibility index (Phi) is 5.95. The van der Waals surface area contributed by atoms with Gasteiger partial charge in [-0.2, -0.15) is 0 Å². The van der Waals surface area contributed by atoms with Crippen molar-refractivity contribution in [2.45, 2.75) is 0 Å². The second kappa shape index (κ2) is 6.70. The number of nitrogens with two attached hydrogens (primary N) is 3. The molecule has 0 aliphatic heterocycles. The van der Waals surface area contributed by atoms with Crippen LogP contribution >= 0.6 is 28.6 Å². The van der Waals surface area contributed by atoms with Gasteiger partial charge in [0.25, 0.3) is 5.91 Å². The first kappa shape index (κ1) is 16.9. The van der Waals surface area contributed by atoms with Gasteiger partial charge in [0.1, 0.15) is 0 Å². The summed E-state index contributed by atoms with van der Waals surface area (Å²) in [4.78, 5) is 29.2. The van der Waals surface area contributed by atoms with E-state index in [1.54, 1.807) is 0 Å². The molecule has 3 amide bonds. The number of carbonyl (C=O) groups is 2. The van der Waals surface area contributed by atoms with Gasteiger partial charge in [0, 0.05) is 0 Å². The zero-order valence-electron chi connectivity index (χ0n) is 9.23. The summed E-state index contributed by atoms with van der Waals surface area (Å²) in [6, 6.07) is -1.00. The van der Waals surface area contributed by atoms with Crippen LogP contribution in [0.1, 0.15) is 10.5 Å². The van der Waals surface area contributed by atoms with Crippen LogP contribution in [-0.2, 0) is 0 Å². The highest BCUT2D eigenvalue weighted by atomic mass is 79.9. The van der Waals surface area contributed by atoms with Crippen molar-refractivity contribution in [2.75, 3.05) is 11.5 Å². The zero-order chi connectivity index (χ0) is 13.9. The number of hydrogen-bond acceptors (Lipinski definition) is 7. The minimum absolute atomic E-state index is 0. The van der Waals surface area contributed by atoms with Crippen molar-refractivity contribution in [2.24, 2.45) is 5.73 Å². The molecular formula is C7H10BrClN8O2. The molecule has 0 unspecified atom stereocenters. The van der Waals surface area contributed by atoms with Crippen molar-refractivity contribution >= 4 is 58.1 Å². The molecule has 0 fully saturated rings. The molecule has 19 heavy (non-hydrogen) atoms. The van der Waals surface area contributed by atoms with Crippen molar-refractivity contribution < 1.29 is 9.59 Å². The van der Waals surface area contributed by atoms with Crippen LogP contribution in [0.4, 0.5) is 16.4 Å². The number of carbonyl (C=O) groups excluding carboxylic acids is 2. The summed E-state index contributed by atoms with van der Waals surface area (Å²) in [5, 5.41) is 10.8. The Hall–Kier alpha value is -2.14. The van der Waals surface area contributed by atoms with Gasteiger partial charge in [0.05, 0.1) is 0 Å². The topological polar surface area (TPSA) is 186 Å². The number of nitrogens with one attached hydrogen (secondary N) is 3. The van der Waals surface area contributed by atoms with Crippen LogP contribution in [0, 0.1) is 5.41 Å². The zero-order valence-corrected chi connectivity index (χ0v) is 11.7. The lowest BCUT2D eigenvalue weighted by Crippen LogP contribution is -2.45. The van der Waals surface area contributed by atoms with Gasteiger partial charge in [-0.1, -0.05) is 11.6 Å². The van der Waals surface area contributed by atoms with E-state index < -0.39 is 17.9 Å². The number of anilines is 2. The van der Waals surface area contributed by atoms with Gasteiger partial charge in [0.15, 0.2) is 22.5 Å². The highest BCUT2D eigenvalue weighted by Gasteiger charge is 2.17. The highest BCUT2D eigenvalue weighted by molar-refractivity contribution is 8.93. The number of primary amides is 1. The lowest BCUT2D eigenvalue weighted by molar-refractivity contribution is 0.0972. The fourth-order valence-corrected chi connectivity index (χ4v) is 1.06. The molecule has 1 aromatic rings. The second-order valence-electron chi connectivity index (χ2n) is 2.95. The third kappa shape index (κ3) is 4.56. The molecule has 1 heterocycles. The Balaban J connectivity index is 0.00000324. The van der Waals surface area contributed by atoms with Crippen molar-refractivity contribution in [1.82, 2.24) is 20.6 Å². The van der Waals surface area contributed by atoms with E-state index in [0.29, 0.717) is 0 Å². The molecule has 0 radical (unpaired) electrons. The first-order chi connectivity index (χ1) is 8.31. The van der Waals surface area contributed by atoms with Gasteiger partial charge in [-0.05, 0) is 0 Å². The number of rotatable bonds is 1. The molecule has 0 saturated heterocycles. The molecule has 0 saturated carbocycles. The van der Waals surface area contributed by atoms with Crippen LogP contribution in [0.15, 0.2) is 0 Å². The Bertz CT molecular complexity index is 536. The van der Waals surface area contributed by atoms with Crippen molar-refractivity contribution in [3.8, 4) is 0 Å². The van der Waals surface area contributed by atoms with E-state index in [2.05, 4.69) is 9.97 Å². The largest absolute Gasteiger partial charge is 0.382 e. The van der Waals surface area contributed by atoms with Crippen LogP contribution < -0.4 is 27.8 Å². The average Bonchev–Trinajstić information content (AvgIpc) is 2.21. The number of urea groups is 1. The normalized spacial score (nSPS) is 9.11. The van der Waals surface area contributed by atoms with Crippen LogP contribution in [0.25, 0.3) is 0 Å². The van der Waals surface area contributed by atoms with Gasteiger partial charge >= 0.3 is 6.03 Å². The Morgan fingerprint density at radius 3 is 2.26 bits per heavy atom. The fourth-order valence-electron chi connectivity index (χ4n) is 0.936. The van der Waals surface area contributed by atoms with Crippen molar-refractivity contribution in [3.05, 3.63) is 10.8 Å². The molecular weight excluding hydrogens is 343 g/mol. The third-order valence-corrected chi connectivity index (χ3v) is 1.88. The quantitative estimate of drug-likeness (QED) is 0.283. The summed E-state index contributed by atoms with van der Waals surface area (Å²) in [5.74, 6) is -1.92. The molecule has 0 bridgehead atoms. The monoisotopic (exact) mass is 352 g/mol. The maximum Gasteiger partial charge on any atom is 0.318 e. The predicted molar refractivity (Wildman–Crippen MR) is 74.1 cm³/mol. The summed E-state index contributed by atoms with van der Waals surface area (Å²) in [6.45, 7) is 0. The van der Waals surface area contributed by atoms with E-state index in [0.717, 1.165) is 0 Å². The number of nitrogen functional groups attached to an aromatic ring is 2.